The molecular weight excluding hydrogens is 508 g/mol. The van der Waals surface area contributed by atoms with Crippen LogP contribution in [0.4, 0.5) is 4.79 Å². The van der Waals surface area contributed by atoms with E-state index in [0.717, 1.165) is 27.8 Å². The summed E-state index contributed by atoms with van der Waals surface area (Å²) in [5.41, 5.74) is 4.02. The summed E-state index contributed by atoms with van der Waals surface area (Å²) in [5.74, 6) is -1.71. The summed E-state index contributed by atoms with van der Waals surface area (Å²) in [6.45, 7) is 2.01. The van der Waals surface area contributed by atoms with Crippen LogP contribution in [0.25, 0.3) is 11.1 Å². The van der Waals surface area contributed by atoms with Crippen LogP contribution in [0.15, 0.2) is 78.9 Å². The van der Waals surface area contributed by atoms with E-state index < -0.39 is 35.7 Å². The Morgan fingerprint density at radius 3 is 2.08 bits per heavy atom. The number of amides is 2. The number of alkyl carbamates (subject to hydrolysis) is 1. The zero-order chi connectivity index (χ0) is 28.3. The first kappa shape index (κ1) is 27.4. The number of carbonyl (C=O) groups is 3. The number of benzene rings is 3. The third-order valence-corrected chi connectivity index (χ3v) is 8.26. The van der Waals surface area contributed by atoms with Gasteiger partial charge in [0.2, 0.25) is 5.91 Å². The number of carbonyl (C=O) groups excluding carboxylic acids is 2. The molecule has 8 heteroatoms. The predicted octanol–water partition coefficient (Wildman–Crippen LogP) is 4.96. The zero-order valence-corrected chi connectivity index (χ0v) is 22.7. The van der Waals surface area contributed by atoms with Gasteiger partial charge < -0.3 is 24.8 Å². The molecule has 1 saturated carbocycles. The van der Waals surface area contributed by atoms with Gasteiger partial charge in [-0.25, -0.2) is 9.59 Å². The molecule has 0 saturated heterocycles. The summed E-state index contributed by atoms with van der Waals surface area (Å²) >= 11 is 0. The largest absolute Gasteiger partial charge is 0.479 e. The van der Waals surface area contributed by atoms with E-state index in [-0.39, 0.29) is 19.1 Å². The lowest BCUT2D eigenvalue weighted by atomic mass is 9.75. The van der Waals surface area contributed by atoms with Crippen LogP contribution in [0.2, 0.25) is 0 Å². The van der Waals surface area contributed by atoms with E-state index in [9.17, 15) is 19.5 Å². The SMILES string of the molecule is C[C@H](OCc1ccccc1)[C@@H](NC(=O)OCC1c2ccccc2-c2ccccc21)C(=O)N(C)C1(C(=O)O)CCC1. The van der Waals surface area contributed by atoms with E-state index in [1.165, 1.54) is 11.9 Å². The van der Waals surface area contributed by atoms with E-state index in [2.05, 4.69) is 17.4 Å². The highest BCUT2D eigenvalue weighted by Crippen LogP contribution is 2.44. The number of carboxylic acid groups (broad SMARTS) is 1. The van der Waals surface area contributed by atoms with Gasteiger partial charge in [-0.3, -0.25) is 4.79 Å². The number of carboxylic acids is 1. The van der Waals surface area contributed by atoms with Crippen LogP contribution < -0.4 is 5.32 Å². The molecule has 0 aliphatic heterocycles. The Kier molecular flexibility index (Phi) is 7.89. The Bertz CT molecular complexity index is 1340. The minimum Gasteiger partial charge on any atom is -0.479 e. The van der Waals surface area contributed by atoms with Crippen molar-refractivity contribution in [3.63, 3.8) is 0 Å². The van der Waals surface area contributed by atoms with Crippen molar-refractivity contribution in [2.24, 2.45) is 0 Å². The number of fused-ring (bicyclic) bond motifs is 3. The maximum atomic E-state index is 13.7. The smallest absolute Gasteiger partial charge is 0.407 e. The molecule has 0 spiro atoms. The van der Waals surface area contributed by atoms with Crippen molar-refractivity contribution in [2.75, 3.05) is 13.7 Å². The highest BCUT2D eigenvalue weighted by molar-refractivity contribution is 5.92. The Morgan fingerprint density at radius 2 is 1.52 bits per heavy atom. The number of ether oxygens (including phenoxy) is 2. The topological polar surface area (TPSA) is 105 Å². The highest BCUT2D eigenvalue weighted by Gasteiger charge is 2.51. The molecule has 40 heavy (non-hydrogen) atoms. The number of hydrogen-bond donors (Lipinski definition) is 2. The molecule has 2 aliphatic rings. The van der Waals surface area contributed by atoms with E-state index in [1.54, 1.807) is 6.92 Å². The van der Waals surface area contributed by atoms with Crippen molar-refractivity contribution in [1.82, 2.24) is 10.2 Å². The maximum absolute atomic E-state index is 13.7. The second-order valence-corrected chi connectivity index (χ2v) is 10.5. The second-order valence-electron chi connectivity index (χ2n) is 10.5. The van der Waals surface area contributed by atoms with Crippen molar-refractivity contribution in [2.45, 2.75) is 56.4 Å². The van der Waals surface area contributed by atoms with E-state index in [4.69, 9.17) is 9.47 Å². The van der Waals surface area contributed by atoms with Crippen molar-refractivity contribution < 1.29 is 29.0 Å². The number of nitrogens with one attached hydrogen (secondary N) is 1. The number of aliphatic carboxylic acids is 1. The molecule has 0 heterocycles. The Hall–Kier alpha value is -4.17. The van der Waals surface area contributed by atoms with Gasteiger partial charge >= 0.3 is 12.1 Å². The summed E-state index contributed by atoms with van der Waals surface area (Å²) in [6, 6.07) is 24.4. The van der Waals surface area contributed by atoms with Crippen LogP contribution in [0.5, 0.6) is 0 Å². The standard InChI is InChI=1S/C32H34N2O6/c1-21(39-19-22-11-4-3-5-12-22)28(29(35)34(2)32(30(36)37)17-10-18-32)33-31(38)40-20-27-25-15-8-6-13-23(25)24-14-7-9-16-26(24)27/h3-9,11-16,21,27-28H,10,17-20H2,1-2H3,(H,33,38)(H,36,37)/t21-,28+/m0/s1. The Balaban J connectivity index is 1.31. The lowest BCUT2D eigenvalue weighted by Crippen LogP contribution is -2.64. The molecule has 2 atom stereocenters. The molecule has 2 aliphatic carbocycles. The lowest BCUT2D eigenvalue weighted by Gasteiger charge is -2.46. The molecule has 0 aromatic heterocycles. The van der Waals surface area contributed by atoms with Crippen molar-refractivity contribution >= 4 is 18.0 Å². The monoisotopic (exact) mass is 542 g/mol. The summed E-state index contributed by atoms with van der Waals surface area (Å²) < 4.78 is 11.7. The molecule has 208 valence electrons. The first-order chi connectivity index (χ1) is 19.3. The fraction of sp³-hybridized carbons (Fsp3) is 0.344. The van der Waals surface area contributed by atoms with Crippen molar-refractivity contribution in [1.29, 1.82) is 0 Å². The van der Waals surface area contributed by atoms with E-state index in [1.807, 2.05) is 66.7 Å². The molecule has 0 unspecified atom stereocenters. The number of rotatable bonds is 10. The lowest BCUT2D eigenvalue weighted by molar-refractivity contribution is -0.166. The second kappa shape index (κ2) is 11.5. The van der Waals surface area contributed by atoms with Gasteiger partial charge in [0.1, 0.15) is 18.2 Å². The zero-order valence-electron chi connectivity index (χ0n) is 22.7. The van der Waals surface area contributed by atoms with Gasteiger partial charge in [0.05, 0.1) is 12.7 Å². The van der Waals surface area contributed by atoms with Gasteiger partial charge in [-0.1, -0.05) is 78.9 Å². The van der Waals surface area contributed by atoms with Gasteiger partial charge in [0, 0.05) is 13.0 Å². The molecule has 8 nitrogen and oxygen atoms in total. The highest BCUT2D eigenvalue weighted by atomic mass is 16.5. The minimum absolute atomic E-state index is 0.0922. The summed E-state index contributed by atoms with van der Waals surface area (Å²) in [4.78, 5) is 40.1. The van der Waals surface area contributed by atoms with Crippen molar-refractivity contribution in [3.05, 3.63) is 95.6 Å². The number of likely N-dealkylation sites (N-methyl/N-ethyl adjacent to an activating group) is 1. The fourth-order valence-corrected chi connectivity index (χ4v) is 5.67. The normalized spacial score (nSPS) is 16.6. The maximum Gasteiger partial charge on any atom is 0.407 e. The third-order valence-electron chi connectivity index (χ3n) is 8.26. The van der Waals surface area contributed by atoms with Gasteiger partial charge in [-0.15, -0.1) is 0 Å². The molecule has 0 bridgehead atoms. The predicted molar refractivity (Wildman–Crippen MR) is 150 cm³/mol. The minimum atomic E-state index is -1.28. The van der Waals surface area contributed by atoms with Gasteiger partial charge in [0.25, 0.3) is 0 Å². The van der Waals surface area contributed by atoms with Crippen LogP contribution in [0.1, 0.15) is 48.8 Å². The van der Waals surface area contributed by atoms with Gasteiger partial charge in [0.15, 0.2) is 0 Å². The van der Waals surface area contributed by atoms with Crippen molar-refractivity contribution in [3.8, 4) is 11.1 Å². The van der Waals surface area contributed by atoms with Crippen LogP contribution >= 0.6 is 0 Å². The molecule has 0 radical (unpaired) electrons. The van der Waals surface area contributed by atoms with Crippen LogP contribution in [-0.4, -0.2) is 59.3 Å². The average molecular weight is 543 g/mol. The summed E-state index contributed by atoms with van der Waals surface area (Å²) in [7, 11) is 1.48. The molecule has 5 rings (SSSR count). The summed E-state index contributed by atoms with van der Waals surface area (Å²) in [5, 5.41) is 12.6. The van der Waals surface area contributed by atoms with Crippen LogP contribution in [-0.2, 0) is 25.7 Å². The fourth-order valence-electron chi connectivity index (χ4n) is 5.67. The average Bonchev–Trinajstić information content (AvgIpc) is 3.26. The van der Waals surface area contributed by atoms with Crippen LogP contribution in [0, 0.1) is 0 Å². The van der Waals surface area contributed by atoms with Gasteiger partial charge in [-0.2, -0.15) is 0 Å². The van der Waals surface area contributed by atoms with Gasteiger partial charge in [-0.05, 0) is 54.0 Å². The Labute approximate surface area is 233 Å². The molecular formula is C32H34N2O6. The third kappa shape index (κ3) is 5.19. The van der Waals surface area contributed by atoms with E-state index in [0.29, 0.717) is 19.3 Å². The molecule has 3 aromatic rings. The molecule has 3 aromatic carbocycles. The molecule has 2 amide bonds. The number of hydrogen-bond acceptors (Lipinski definition) is 5. The summed E-state index contributed by atoms with van der Waals surface area (Å²) in [6.07, 6.45) is -0.0689. The van der Waals surface area contributed by atoms with Crippen LogP contribution in [0.3, 0.4) is 0 Å². The Morgan fingerprint density at radius 1 is 0.950 bits per heavy atom. The molecule has 2 N–H and O–H groups in total. The first-order valence-electron chi connectivity index (χ1n) is 13.6. The number of nitrogens with zero attached hydrogens (tertiary/aromatic N) is 1. The first-order valence-corrected chi connectivity index (χ1v) is 13.6. The quantitative estimate of drug-likeness (QED) is 0.375. The molecule has 1 fully saturated rings. The van der Waals surface area contributed by atoms with E-state index >= 15 is 0 Å².